The van der Waals surface area contributed by atoms with Crippen LogP contribution in [-0.4, -0.2) is 59.6 Å². The number of hydrogen-bond acceptors (Lipinski definition) is 3. The Morgan fingerprint density at radius 3 is 2.28 bits per heavy atom. The molecule has 1 aliphatic rings. The summed E-state index contributed by atoms with van der Waals surface area (Å²) in [7, 11) is 0. The highest BCUT2D eigenvalue weighted by atomic mass is 16.4. The summed E-state index contributed by atoms with van der Waals surface area (Å²) in [6.07, 6.45) is 2.86. The van der Waals surface area contributed by atoms with Gasteiger partial charge in [-0.25, -0.2) is 0 Å². The first-order valence-corrected chi connectivity index (χ1v) is 7.23. The SMILES string of the molecule is CCCCC(C(=O)O)N1CCN(CC(C)C)CC1. The number of nitrogens with zero attached hydrogens (tertiary/aromatic N) is 2. The van der Waals surface area contributed by atoms with E-state index in [9.17, 15) is 9.90 Å². The van der Waals surface area contributed by atoms with Crippen molar-refractivity contribution >= 4 is 5.97 Å². The Kier molecular flexibility index (Phi) is 6.65. The number of aliphatic carboxylic acids is 1. The minimum atomic E-state index is -0.652. The lowest BCUT2D eigenvalue weighted by Gasteiger charge is -2.38. The van der Waals surface area contributed by atoms with Crippen LogP contribution in [0.15, 0.2) is 0 Å². The summed E-state index contributed by atoms with van der Waals surface area (Å²) >= 11 is 0. The molecule has 1 unspecified atom stereocenters. The fourth-order valence-electron chi connectivity index (χ4n) is 2.63. The molecule has 0 aromatic heterocycles. The Morgan fingerprint density at radius 1 is 1.22 bits per heavy atom. The molecule has 0 aliphatic carbocycles. The average molecular weight is 256 g/mol. The van der Waals surface area contributed by atoms with Crippen molar-refractivity contribution in [2.45, 2.75) is 46.1 Å². The maximum atomic E-state index is 11.3. The maximum absolute atomic E-state index is 11.3. The van der Waals surface area contributed by atoms with Gasteiger partial charge in [-0.1, -0.05) is 33.6 Å². The number of hydrogen-bond donors (Lipinski definition) is 1. The van der Waals surface area contributed by atoms with Crippen LogP contribution < -0.4 is 0 Å². The van der Waals surface area contributed by atoms with Crippen LogP contribution in [0.25, 0.3) is 0 Å². The second kappa shape index (κ2) is 7.74. The predicted octanol–water partition coefficient (Wildman–Crippen LogP) is 1.90. The predicted molar refractivity (Wildman–Crippen MR) is 73.8 cm³/mol. The summed E-state index contributed by atoms with van der Waals surface area (Å²) in [6, 6.07) is -0.272. The van der Waals surface area contributed by atoms with Gasteiger partial charge in [-0.3, -0.25) is 9.69 Å². The van der Waals surface area contributed by atoms with E-state index in [2.05, 4.69) is 30.6 Å². The molecule has 0 aromatic rings. The molecule has 0 bridgehead atoms. The first kappa shape index (κ1) is 15.4. The number of carboxylic acids is 1. The van der Waals surface area contributed by atoms with E-state index in [0.717, 1.165) is 52.0 Å². The molecular formula is C14H28N2O2. The molecule has 1 saturated heterocycles. The zero-order valence-corrected chi connectivity index (χ0v) is 12.1. The fraction of sp³-hybridized carbons (Fsp3) is 0.929. The van der Waals surface area contributed by atoms with Crippen LogP contribution in [0.5, 0.6) is 0 Å². The monoisotopic (exact) mass is 256 g/mol. The highest BCUT2D eigenvalue weighted by molar-refractivity contribution is 5.73. The molecule has 1 N–H and O–H groups in total. The zero-order chi connectivity index (χ0) is 13.5. The second-order valence-electron chi connectivity index (χ2n) is 5.73. The average Bonchev–Trinajstić information content (AvgIpc) is 2.30. The molecule has 4 nitrogen and oxygen atoms in total. The molecule has 0 aromatic carbocycles. The topological polar surface area (TPSA) is 43.8 Å². The molecule has 1 fully saturated rings. The van der Waals surface area contributed by atoms with Gasteiger partial charge in [-0.2, -0.15) is 0 Å². The lowest BCUT2D eigenvalue weighted by atomic mass is 10.1. The van der Waals surface area contributed by atoms with Crippen molar-refractivity contribution in [1.29, 1.82) is 0 Å². The summed E-state index contributed by atoms with van der Waals surface area (Å²) in [4.78, 5) is 15.9. The van der Waals surface area contributed by atoms with Crippen LogP contribution in [0.3, 0.4) is 0 Å². The summed E-state index contributed by atoms with van der Waals surface area (Å²) in [6.45, 7) is 11.5. The third kappa shape index (κ3) is 4.94. The molecule has 18 heavy (non-hydrogen) atoms. The van der Waals surface area contributed by atoms with Crippen molar-refractivity contribution in [2.75, 3.05) is 32.7 Å². The highest BCUT2D eigenvalue weighted by Crippen LogP contribution is 2.13. The normalized spacial score (nSPS) is 20.2. The van der Waals surface area contributed by atoms with Gasteiger partial charge in [0.1, 0.15) is 6.04 Å². The molecule has 1 rings (SSSR count). The third-order valence-corrected chi connectivity index (χ3v) is 3.59. The Hall–Kier alpha value is -0.610. The molecule has 1 heterocycles. The summed E-state index contributed by atoms with van der Waals surface area (Å²) < 4.78 is 0. The van der Waals surface area contributed by atoms with Gasteiger partial charge < -0.3 is 10.0 Å². The van der Waals surface area contributed by atoms with Gasteiger partial charge in [0, 0.05) is 32.7 Å². The van der Waals surface area contributed by atoms with Crippen LogP contribution in [0.4, 0.5) is 0 Å². The molecule has 0 saturated carbocycles. The van der Waals surface area contributed by atoms with E-state index in [4.69, 9.17) is 0 Å². The van der Waals surface area contributed by atoms with E-state index in [1.54, 1.807) is 0 Å². The second-order valence-corrected chi connectivity index (χ2v) is 5.73. The zero-order valence-electron chi connectivity index (χ0n) is 12.1. The Morgan fingerprint density at radius 2 is 1.83 bits per heavy atom. The summed E-state index contributed by atoms with van der Waals surface area (Å²) in [5.41, 5.74) is 0. The highest BCUT2D eigenvalue weighted by Gasteiger charge is 2.28. The fourth-order valence-corrected chi connectivity index (χ4v) is 2.63. The van der Waals surface area contributed by atoms with Crippen molar-refractivity contribution in [3.63, 3.8) is 0 Å². The lowest BCUT2D eigenvalue weighted by Crippen LogP contribution is -2.53. The van der Waals surface area contributed by atoms with Gasteiger partial charge in [-0.15, -0.1) is 0 Å². The van der Waals surface area contributed by atoms with Crippen molar-refractivity contribution in [1.82, 2.24) is 9.80 Å². The molecule has 0 amide bonds. The smallest absolute Gasteiger partial charge is 0.320 e. The first-order chi connectivity index (χ1) is 8.54. The number of piperazine rings is 1. The molecule has 106 valence electrons. The molecule has 4 heteroatoms. The lowest BCUT2D eigenvalue weighted by molar-refractivity contribution is -0.144. The number of rotatable bonds is 7. The van der Waals surface area contributed by atoms with E-state index >= 15 is 0 Å². The molecule has 0 radical (unpaired) electrons. The van der Waals surface area contributed by atoms with Gasteiger partial charge in [0.25, 0.3) is 0 Å². The van der Waals surface area contributed by atoms with Crippen molar-refractivity contribution in [3.05, 3.63) is 0 Å². The Balaban J connectivity index is 2.41. The van der Waals surface area contributed by atoms with Crippen molar-refractivity contribution < 1.29 is 9.90 Å². The Labute approximate surface area is 111 Å². The van der Waals surface area contributed by atoms with E-state index in [0.29, 0.717) is 5.92 Å². The van der Waals surface area contributed by atoms with E-state index in [-0.39, 0.29) is 6.04 Å². The van der Waals surface area contributed by atoms with Gasteiger partial charge in [0.05, 0.1) is 0 Å². The molecule has 1 atom stereocenters. The van der Waals surface area contributed by atoms with E-state index in [1.807, 2.05) is 0 Å². The molecular weight excluding hydrogens is 228 g/mol. The summed E-state index contributed by atoms with van der Waals surface area (Å²) in [5, 5.41) is 9.31. The third-order valence-electron chi connectivity index (χ3n) is 3.59. The largest absolute Gasteiger partial charge is 0.480 e. The van der Waals surface area contributed by atoms with Gasteiger partial charge in [-0.05, 0) is 12.3 Å². The van der Waals surface area contributed by atoms with Crippen LogP contribution in [-0.2, 0) is 4.79 Å². The Bertz CT molecular complexity index is 248. The van der Waals surface area contributed by atoms with Gasteiger partial charge in [0.15, 0.2) is 0 Å². The van der Waals surface area contributed by atoms with Crippen LogP contribution in [0, 0.1) is 5.92 Å². The van der Waals surface area contributed by atoms with E-state index < -0.39 is 5.97 Å². The quantitative estimate of drug-likeness (QED) is 0.755. The van der Waals surface area contributed by atoms with Gasteiger partial charge in [0.2, 0.25) is 0 Å². The van der Waals surface area contributed by atoms with Crippen molar-refractivity contribution in [3.8, 4) is 0 Å². The maximum Gasteiger partial charge on any atom is 0.320 e. The molecule has 1 aliphatic heterocycles. The summed E-state index contributed by atoms with van der Waals surface area (Å²) in [5.74, 6) is 0.0349. The number of unbranched alkanes of at least 4 members (excludes halogenated alkanes) is 1. The number of carbonyl (C=O) groups is 1. The van der Waals surface area contributed by atoms with Crippen LogP contribution in [0.2, 0.25) is 0 Å². The molecule has 0 spiro atoms. The van der Waals surface area contributed by atoms with Crippen molar-refractivity contribution in [2.24, 2.45) is 5.92 Å². The van der Waals surface area contributed by atoms with Gasteiger partial charge >= 0.3 is 5.97 Å². The number of carboxylic acid groups (broad SMARTS) is 1. The van der Waals surface area contributed by atoms with E-state index in [1.165, 1.54) is 0 Å². The minimum Gasteiger partial charge on any atom is -0.480 e. The minimum absolute atomic E-state index is 0.272. The van der Waals surface area contributed by atoms with Crippen LogP contribution in [0.1, 0.15) is 40.0 Å². The standard InChI is InChI=1S/C14H28N2O2/c1-4-5-6-13(14(17)18)16-9-7-15(8-10-16)11-12(2)3/h12-13H,4-11H2,1-3H3,(H,17,18). The first-order valence-electron chi connectivity index (χ1n) is 7.23. The van der Waals surface area contributed by atoms with Crippen LogP contribution >= 0.6 is 0 Å².